The lowest BCUT2D eigenvalue weighted by molar-refractivity contribution is -0.148. The van der Waals surface area contributed by atoms with E-state index < -0.39 is 0 Å². The molecule has 176 valence electrons. The maximum absolute atomic E-state index is 12.1. The number of methoxy groups -OCH3 is 1. The number of nitrogens with two attached hydrogens (primary N) is 1. The highest BCUT2D eigenvalue weighted by Crippen LogP contribution is 2.36. The summed E-state index contributed by atoms with van der Waals surface area (Å²) in [6, 6.07) is 13.3. The Morgan fingerprint density at radius 2 is 2.03 bits per heavy atom. The number of hydrogen-bond acceptors (Lipinski definition) is 7. The number of halogens is 1. The molecule has 4 rings (SSSR count). The topological polar surface area (TPSA) is 101 Å². The quantitative estimate of drug-likeness (QED) is 0.511. The smallest absolute Gasteiger partial charge is 0.309 e. The summed E-state index contributed by atoms with van der Waals surface area (Å²) in [5.74, 6) is 1.07. The minimum absolute atomic E-state index is 0.100. The fourth-order valence-electron chi connectivity index (χ4n) is 4.44. The van der Waals surface area contributed by atoms with E-state index in [-0.39, 0.29) is 11.9 Å². The number of hydrogen-bond donors (Lipinski definition) is 1. The molecule has 0 radical (unpaired) electrons. The van der Waals surface area contributed by atoms with Crippen LogP contribution in [0.1, 0.15) is 36.5 Å². The molecule has 0 saturated carbocycles. The van der Waals surface area contributed by atoms with Crippen LogP contribution in [0.3, 0.4) is 0 Å². The molecule has 2 aromatic carbocycles. The third-order valence-corrected chi connectivity index (χ3v) is 6.55. The van der Waals surface area contributed by atoms with Crippen LogP contribution in [0.15, 0.2) is 36.4 Å². The van der Waals surface area contributed by atoms with Crippen LogP contribution in [0.2, 0.25) is 5.02 Å². The van der Waals surface area contributed by atoms with Crippen molar-refractivity contribution in [1.82, 2.24) is 4.98 Å². The number of aromatic nitrogens is 1. The molecule has 8 heteroatoms. The van der Waals surface area contributed by atoms with Gasteiger partial charge in [-0.25, -0.2) is 4.98 Å². The van der Waals surface area contributed by atoms with Gasteiger partial charge in [0.15, 0.2) is 5.82 Å². The molecule has 0 spiro atoms. The lowest BCUT2D eigenvalue weighted by Crippen LogP contribution is -2.38. The number of nitrogens with zero attached hydrogens (tertiary/aromatic N) is 3. The van der Waals surface area contributed by atoms with E-state index in [0.717, 1.165) is 22.0 Å². The molecule has 34 heavy (non-hydrogen) atoms. The fourth-order valence-corrected chi connectivity index (χ4v) is 4.72. The predicted octanol–water partition coefficient (Wildman–Crippen LogP) is 4.72. The van der Waals surface area contributed by atoms with Crippen LogP contribution in [0.5, 0.6) is 5.75 Å². The van der Waals surface area contributed by atoms with E-state index in [9.17, 15) is 10.1 Å². The van der Waals surface area contributed by atoms with E-state index >= 15 is 0 Å². The average molecular weight is 479 g/mol. The number of anilines is 2. The summed E-state index contributed by atoms with van der Waals surface area (Å²) in [6.45, 7) is 3.54. The van der Waals surface area contributed by atoms with Gasteiger partial charge in [-0.15, -0.1) is 0 Å². The standard InChI is InChI=1S/C26H27ClN4O3/c1-3-34-26(32)18-8-10-31(11-9-18)25-24(29)20(12-16-5-7-23(33-2)21(27)14-16)19-13-17(15-28)4-6-22(19)30-25/h4-7,13-14,18H,3,8-12,29H2,1-2H3. The zero-order valence-electron chi connectivity index (χ0n) is 19.3. The first kappa shape index (κ1) is 23.7. The van der Waals surface area contributed by atoms with E-state index in [0.29, 0.717) is 66.8 Å². The van der Waals surface area contributed by atoms with Crippen molar-refractivity contribution in [3.63, 3.8) is 0 Å². The summed E-state index contributed by atoms with van der Waals surface area (Å²) in [7, 11) is 1.58. The van der Waals surface area contributed by atoms with E-state index in [1.165, 1.54) is 0 Å². The highest BCUT2D eigenvalue weighted by molar-refractivity contribution is 6.32. The number of carbonyl (C=O) groups excluding carboxylic acids is 1. The molecule has 0 bridgehead atoms. The first-order valence-electron chi connectivity index (χ1n) is 11.3. The summed E-state index contributed by atoms with van der Waals surface area (Å²) in [4.78, 5) is 19.1. The van der Waals surface area contributed by atoms with Gasteiger partial charge in [0.2, 0.25) is 0 Å². The number of pyridine rings is 1. The lowest BCUT2D eigenvalue weighted by atomic mass is 9.95. The Morgan fingerprint density at radius 3 is 2.68 bits per heavy atom. The number of rotatable bonds is 6. The van der Waals surface area contributed by atoms with E-state index in [1.54, 1.807) is 13.2 Å². The molecule has 0 atom stereocenters. The first-order valence-corrected chi connectivity index (χ1v) is 11.7. The number of fused-ring (bicyclic) bond motifs is 1. The van der Waals surface area contributed by atoms with Crippen molar-refractivity contribution in [3.8, 4) is 11.8 Å². The summed E-state index contributed by atoms with van der Waals surface area (Å²) in [5.41, 5.74) is 10.5. The molecule has 1 saturated heterocycles. The zero-order chi connectivity index (χ0) is 24.2. The molecule has 1 aliphatic rings. The van der Waals surface area contributed by atoms with Crippen molar-refractivity contribution >= 4 is 40.0 Å². The molecule has 0 aliphatic carbocycles. The van der Waals surface area contributed by atoms with Crippen LogP contribution in [0.4, 0.5) is 11.5 Å². The number of ether oxygens (including phenoxy) is 2. The zero-order valence-corrected chi connectivity index (χ0v) is 20.1. The maximum Gasteiger partial charge on any atom is 0.309 e. The van der Waals surface area contributed by atoms with Gasteiger partial charge < -0.3 is 20.1 Å². The van der Waals surface area contributed by atoms with E-state index in [2.05, 4.69) is 11.0 Å². The Labute approximate surface area is 204 Å². The van der Waals surface area contributed by atoms with Crippen LogP contribution >= 0.6 is 11.6 Å². The molecular formula is C26H27ClN4O3. The van der Waals surface area contributed by atoms with Crippen molar-refractivity contribution < 1.29 is 14.3 Å². The predicted molar refractivity (Wildman–Crippen MR) is 133 cm³/mol. The molecule has 7 nitrogen and oxygen atoms in total. The van der Waals surface area contributed by atoms with E-state index in [1.807, 2.05) is 37.3 Å². The van der Waals surface area contributed by atoms with Gasteiger partial charge in [-0.05, 0) is 61.2 Å². The summed E-state index contributed by atoms with van der Waals surface area (Å²) in [5, 5.41) is 10.8. The summed E-state index contributed by atoms with van der Waals surface area (Å²) < 4.78 is 10.5. The normalized spacial score (nSPS) is 14.1. The van der Waals surface area contributed by atoms with Gasteiger partial charge in [-0.1, -0.05) is 17.7 Å². The summed E-state index contributed by atoms with van der Waals surface area (Å²) >= 11 is 6.36. The van der Waals surface area contributed by atoms with Crippen LogP contribution in [0.25, 0.3) is 10.9 Å². The molecule has 2 N–H and O–H groups in total. The van der Waals surface area contributed by atoms with E-state index in [4.69, 9.17) is 31.8 Å². The Balaban J connectivity index is 1.72. The van der Waals surface area contributed by atoms with Gasteiger partial charge in [0.1, 0.15) is 5.75 Å². The van der Waals surface area contributed by atoms with Crippen LogP contribution < -0.4 is 15.4 Å². The fraction of sp³-hybridized carbons (Fsp3) is 0.346. The Kier molecular flexibility index (Phi) is 7.09. The van der Waals surface area contributed by atoms with Crippen LogP contribution in [0, 0.1) is 17.2 Å². The third-order valence-electron chi connectivity index (χ3n) is 6.25. The molecule has 1 aromatic heterocycles. The highest BCUT2D eigenvalue weighted by atomic mass is 35.5. The van der Waals surface area contributed by atoms with Gasteiger partial charge in [-0.2, -0.15) is 5.26 Å². The number of carbonyl (C=O) groups is 1. The molecule has 0 amide bonds. The minimum Gasteiger partial charge on any atom is -0.495 e. The number of nitriles is 1. The van der Waals surface area contributed by atoms with Gasteiger partial charge in [0.25, 0.3) is 0 Å². The van der Waals surface area contributed by atoms with Crippen molar-refractivity contribution in [2.75, 3.05) is 37.4 Å². The van der Waals surface area contributed by atoms with Crippen molar-refractivity contribution in [3.05, 3.63) is 58.1 Å². The monoisotopic (exact) mass is 478 g/mol. The molecule has 3 aromatic rings. The Morgan fingerprint density at radius 1 is 1.26 bits per heavy atom. The number of nitrogen functional groups attached to an aromatic ring is 1. The number of piperidine rings is 1. The van der Waals surface area contributed by atoms with Crippen LogP contribution in [-0.4, -0.2) is 37.8 Å². The molecular weight excluding hydrogens is 452 g/mol. The van der Waals surface area contributed by atoms with Crippen molar-refractivity contribution in [2.24, 2.45) is 5.92 Å². The van der Waals surface area contributed by atoms with Gasteiger partial charge >= 0.3 is 5.97 Å². The second-order valence-electron chi connectivity index (χ2n) is 8.33. The maximum atomic E-state index is 12.1. The second kappa shape index (κ2) is 10.2. The van der Waals surface area contributed by atoms with Crippen molar-refractivity contribution in [2.45, 2.75) is 26.2 Å². The highest BCUT2D eigenvalue weighted by Gasteiger charge is 2.28. The number of esters is 1. The first-order chi connectivity index (χ1) is 16.4. The summed E-state index contributed by atoms with van der Waals surface area (Å²) in [6.07, 6.45) is 1.90. The Bertz CT molecular complexity index is 1260. The minimum atomic E-state index is -0.136. The second-order valence-corrected chi connectivity index (χ2v) is 8.74. The molecule has 1 fully saturated rings. The average Bonchev–Trinajstić information content (AvgIpc) is 2.85. The lowest BCUT2D eigenvalue weighted by Gasteiger charge is -2.33. The molecule has 1 aliphatic heterocycles. The number of benzene rings is 2. The van der Waals surface area contributed by atoms with Gasteiger partial charge in [0.05, 0.1) is 47.5 Å². The molecule has 2 heterocycles. The third kappa shape index (κ3) is 4.73. The molecule has 0 unspecified atom stereocenters. The van der Waals surface area contributed by atoms with Crippen LogP contribution in [-0.2, 0) is 16.0 Å². The van der Waals surface area contributed by atoms with Gasteiger partial charge in [0, 0.05) is 24.9 Å². The van der Waals surface area contributed by atoms with Crippen molar-refractivity contribution in [1.29, 1.82) is 5.26 Å². The van der Waals surface area contributed by atoms with Gasteiger partial charge in [-0.3, -0.25) is 4.79 Å². The Hall–Kier alpha value is -3.50. The largest absolute Gasteiger partial charge is 0.495 e. The SMILES string of the molecule is CCOC(=O)C1CCN(c2nc3ccc(C#N)cc3c(Cc3ccc(OC)c(Cl)c3)c2N)CC1.